The fraction of sp³-hybridized carbons (Fsp3) is 0.211. The maximum Gasteiger partial charge on any atom is 0.340 e. The Balaban J connectivity index is 2.10. The average molecular weight is 340 g/mol. The van der Waals surface area contributed by atoms with Crippen LogP contribution in [0, 0.1) is 13.8 Å². The van der Waals surface area contributed by atoms with Gasteiger partial charge in [-0.15, -0.1) is 0 Å². The van der Waals surface area contributed by atoms with E-state index in [2.05, 4.69) is 10.6 Å². The molecule has 25 heavy (non-hydrogen) atoms. The highest BCUT2D eigenvalue weighted by Gasteiger charge is 2.18. The van der Waals surface area contributed by atoms with Crippen LogP contribution in [0.5, 0.6) is 0 Å². The van der Waals surface area contributed by atoms with Gasteiger partial charge in [0.05, 0.1) is 17.9 Å². The molecule has 2 rings (SSSR count). The summed E-state index contributed by atoms with van der Waals surface area (Å²) in [5, 5.41) is 4.98. The Morgan fingerprint density at radius 1 is 0.920 bits per heavy atom. The van der Waals surface area contributed by atoms with Gasteiger partial charge in [-0.05, 0) is 56.2 Å². The molecule has 0 saturated heterocycles. The summed E-state index contributed by atoms with van der Waals surface area (Å²) in [7, 11) is 0. The number of esters is 1. The molecule has 0 aliphatic carbocycles. The topological polar surface area (TPSA) is 84.5 Å². The Bertz CT molecular complexity index is 815. The maximum atomic E-state index is 12.1. The molecule has 6 nitrogen and oxygen atoms in total. The van der Waals surface area contributed by atoms with Gasteiger partial charge in [0.2, 0.25) is 0 Å². The summed E-state index contributed by atoms with van der Waals surface area (Å²) in [6.45, 7) is 5.78. The molecule has 2 amide bonds. The van der Waals surface area contributed by atoms with Gasteiger partial charge in [0.25, 0.3) is 0 Å². The Labute approximate surface area is 146 Å². The number of ether oxygens (including phenoxy) is 1. The van der Waals surface area contributed by atoms with Crippen molar-refractivity contribution in [2.45, 2.75) is 20.8 Å². The van der Waals surface area contributed by atoms with E-state index in [-0.39, 0.29) is 17.9 Å². The van der Waals surface area contributed by atoms with E-state index in [0.29, 0.717) is 5.69 Å². The lowest BCUT2D eigenvalue weighted by Crippen LogP contribution is -2.29. The first kappa shape index (κ1) is 18.2. The van der Waals surface area contributed by atoms with Gasteiger partial charge in [0.15, 0.2) is 0 Å². The molecule has 0 aliphatic rings. The number of carbonyl (C=O) groups is 3. The molecule has 0 unspecified atom stereocenters. The molecule has 0 spiro atoms. The molecule has 0 radical (unpaired) electrons. The second kappa shape index (κ2) is 8.10. The van der Waals surface area contributed by atoms with Gasteiger partial charge >= 0.3 is 17.8 Å². The van der Waals surface area contributed by atoms with Crippen LogP contribution in [0.3, 0.4) is 0 Å². The molecule has 6 heteroatoms. The minimum atomic E-state index is -0.866. The van der Waals surface area contributed by atoms with Crippen LogP contribution in [0.2, 0.25) is 0 Å². The minimum Gasteiger partial charge on any atom is -0.462 e. The molecule has 0 aromatic heterocycles. The molecular weight excluding hydrogens is 320 g/mol. The normalized spacial score (nSPS) is 10.0. The van der Waals surface area contributed by atoms with Gasteiger partial charge < -0.3 is 15.4 Å². The summed E-state index contributed by atoms with van der Waals surface area (Å²) in [5.41, 5.74) is 3.04. The number of rotatable bonds is 4. The Morgan fingerprint density at radius 3 is 2.28 bits per heavy atom. The highest BCUT2D eigenvalue weighted by molar-refractivity contribution is 6.43. The monoisotopic (exact) mass is 340 g/mol. The number of benzene rings is 2. The lowest BCUT2D eigenvalue weighted by Gasteiger charge is -2.11. The van der Waals surface area contributed by atoms with Crippen molar-refractivity contribution in [3.05, 3.63) is 59.2 Å². The van der Waals surface area contributed by atoms with Crippen LogP contribution in [0.4, 0.5) is 11.4 Å². The summed E-state index contributed by atoms with van der Waals surface area (Å²) in [6, 6.07) is 11.7. The van der Waals surface area contributed by atoms with E-state index in [0.717, 1.165) is 11.1 Å². The number of para-hydroxylation sites is 1. The van der Waals surface area contributed by atoms with Crippen LogP contribution >= 0.6 is 0 Å². The molecule has 0 heterocycles. The van der Waals surface area contributed by atoms with Gasteiger partial charge in [0, 0.05) is 5.69 Å². The second-order valence-corrected chi connectivity index (χ2v) is 5.47. The SMILES string of the molecule is CCOC(=O)c1ccccc1NC(=O)C(=O)Nc1ccc(C)c(C)c1. The van der Waals surface area contributed by atoms with Crippen molar-refractivity contribution in [3.63, 3.8) is 0 Å². The molecule has 2 aromatic carbocycles. The largest absolute Gasteiger partial charge is 0.462 e. The van der Waals surface area contributed by atoms with Gasteiger partial charge in [-0.2, -0.15) is 0 Å². The molecule has 2 aromatic rings. The zero-order valence-electron chi connectivity index (χ0n) is 14.4. The van der Waals surface area contributed by atoms with E-state index in [1.54, 1.807) is 31.2 Å². The summed E-state index contributed by atoms with van der Waals surface area (Å²) in [6.07, 6.45) is 0. The van der Waals surface area contributed by atoms with Crippen LogP contribution in [0.1, 0.15) is 28.4 Å². The third kappa shape index (κ3) is 4.67. The molecule has 2 N–H and O–H groups in total. The Kier molecular flexibility index (Phi) is 5.89. The summed E-state index contributed by atoms with van der Waals surface area (Å²) < 4.78 is 4.94. The quantitative estimate of drug-likeness (QED) is 0.662. The zero-order valence-corrected chi connectivity index (χ0v) is 14.4. The van der Waals surface area contributed by atoms with Crippen molar-refractivity contribution in [1.82, 2.24) is 0 Å². The predicted molar refractivity (Wildman–Crippen MR) is 95.6 cm³/mol. The number of nitrogens with one attached hydrogen (secondary N) is 2. The van der Waals surface area contributed by atoms with Crippen molar-refractivity contribution >= 4 is 29.2 Å². The van der Waals surface area contributed by atoms with Crippen LogP contribution in [-0.2, 0) is 14.3 Å². The number of hydrogen-bond acceptors (Lipinski definition) is 4. The van der Waals surface area contributed by atoms with Crippen molar-refractivity contribution < 1.29 is 19.1 Å². The number of anilines is 2. The van der Waals surface area contributed by atoms with E-state index >= 15 is 0 Å². The summed E-state index contributed by atoms with van der Waals surface area (Å²) in [5.74, 6) is -2.25. The molecule has 0 saturated carbocycles. The summed E-state index contributed by atoms with van der Waals surface area (Å²) in [4.78, 5) is 36.1. The van der Waals surface area contributed by atoms with Crippen LogP contribution < -0.4 is 10.6 Å². The molecular formula is C19H20N2O4. The first-order chi connectivity index (χ1) is 11.9. The molecule has 0 aliphatic heterocycles. The minimum absolute atomic E-state index is 0.191. The molecule has 0 fully saturated rings. The highest BCUT2D eigenvalue weighted by atomic mass is 16.5. The molecule has 0 bridgehead atoms. The van der Waals surface area contributed by atoms with E-state index in [1.165, 1.54) is 12.1 Å². The van der Waals surface area contributed by atoms with Crippen molar-refractivity contribution in [1.29, 1.82) is 0 Å². The van der Waals surface area contributed by atoms with Gasteiger partial charge in [-0.3, -0.25) is 9.59 Å². The number of carbonyl (C=O) groups excluding carboxylic acids is 3. The lowest BCUT2D eigenvalue weighted by molar-refractivity contribution is -0.133. The number of hydrogen-bond donors (Lipinski definition) is 2. The zero-order chi connectivity index (χ0) is 18.4. The smallest absolute Gasteiger partial charge is 0.340 e. The van der Waals surface area contributed by atoms with E-state index in [4.69, 9.17) is 4.74 Å². The standard InChI is InChI=1S/C19H20N2O4/c1-4-25-19(24)15-7-5-6-8-16(15)21-18(23)17(22)20-14-10-9-12(2)13(3)11-14/h5-11H,4H2,1-3H3,(H,20,22)(H,21,23). The van der Waals surface area contributed by atoms with Crippen molar-refractivity contribution in [2.24, 2.45) is 0 Å². The lowest BCUT2D eigenvalue weighted by atomic mass is 10.1. The predicted octanol–water partition coefficient (Wildman–Crippen LogP) is 3.06. The van der Waals surface area contributed by atoms with Crippen molar-refractivity contribution in [3.8, 4) is 0 Å². The van der Waals surface area contributed by atoms with Gasteiger partial charge in [-0.25, -0.2) is 4.79 Å². The maximum absolute atomic E-state index is 12.1. The van der Waals surface area contributed by atoms with Crippen molar-refractivity contribution in [2.75, 3.05) is 17.2 Å². The summed E-state index contributed by atoms with van der Waals surface area (Å²) >= 11 is 0. The first-order valence-corrected chi connectivity index (χ1v) is 7.88. The number of amides is 2. The average Bonchev–Trinajstić information content (AvgIpc) is 2.58. The fourth-order valence-electron chi connectivity index (χ4n) is 2.17. The van der Waals surface area contributed by atoms with E-state index < -0.39 is 17.8 Å². The van der Waals surface area contributed by atoms with Crippen LogP contribution in [0.15, 0.2) is 42.5 Å². The Hall–Kier alpha value is -3.15. The third-order valence-electron chi connectivity index (χ3n) is 3.64. The molecule has 0 atom stereocenters. The third-order valence-corrected chi connectivity index (χ3v) is 3.64. The second-order valence-electron chi connectivity index (χ2n) is 5.47. The van der Waals surface area contributed by atoms with Gasteiger partial charge in [0.1, 0.15) is 0 Å². The van der Waals surface area contributed by atoms with Crippen LogP contribution in [-0.4, -0.2) is 24.4 Å². The van der Waals surface area contributed by atoms with Crippen LogP contribution in [0.25, 0.3) is 0 Å². The first-order valence-electron chi connectivity index (χ1n) is 7.88. The Morgan fingerprint density at radius 2 is 1.60 bits per heavy atom. The van der Waals surface area contributed by atoms with E-state index in [9.17, 15) is 14.4 Å². The highest BCUT2D eigenvalue weighted by Crippen LogP contribution is 2.17. The van der Waals surface area contributed by atoms with E-state index in [1.807, 2.05) is 19.9 Å². The van der Waals surface area contributed by atoms with Gasteiger partial charge in [-0.1, -0.05) is 18.2 Å². The fourth-order valence-corrected chi connectivity index (χ4v) is 2.17. The molecule has 130 valence electrons. The number of aryl methyl sites for hydroxylation is 2.